The summed E-state index contributed by atoms with van der Waals surface area (Å²) in [4.78, 5) is 13.4. The van der Waals surface area contributed by atoms with Gasteiger partial charge in [-0.1, -0.05) is 19.0 Å². The van der Waals surface area contributed by atoms with Crippen molar-refractivity contribution >= 4 is 39.0 Å². The summed E-state index contributed by atoms with van der Waals surface area (Å²) in [5.41, 5.74) is 4.74. The zero-order chi connectivity index (χ0) is 14.5. The van der Waals surface area contributed by atoms with Gasteiger partial charge < -0.3 is 16.3 Å². The Bertz CT molecular complexity index is 469. The number of rotatable bonds is 6. The highest BCUT2D eigenvalue weighted by atomic mass is 79.9. The van der Waals surface area contributed by atoms with Gasteiger partial charge in [0.2, 0.25) is 5.91 Å². The van der Waals surface area contributed by atoms with Crippen molar-refractivity contribution in [2.24, 2.45) is 16.3 Å². The van der Waals surface area contributed by atoms with Crippen LogP contribution in [0.2, 0.25) is 0 Å². The van der Waals surface area contributed by atoms with Crippen molar-refractivity contribution in [2.75, 3.05) is 0 Å². The number of halogens is 1. The van der Waals surface area contributed by atoms with Crippen molar-refractivity contribution in [3.8, 4) is 0 Å². The lowest BCUT2D eigenvalue weighted by Gasteiger charge is -2.28. The van der Waals surface area contributed by atoms with E-state index < -0.39 is 5.41 Å². The topological polar surface area (TPSA) is 87.7 Å². The summed E-state index contributed by atoms with van der Waals surface area (Å²) in [6.07, 6.45) is 0.966. The third-order valence-electron chi connectivity index (χ3n) is 3.34. The van der Waals surface area contributed by atoms with Gasteiger partial charge in [-0.25, -0.2) is 0 Å². The summed E-state index contributed by atoms with van der Waals surface area (Å²) < 4.78 is 0.972. The van der Waals surface area contributed by atoms with Crippen LogP contribution < -0.4 is 11.1 Å². The summed E-state index contributed by atoms with van der Waals surface area (Å²) in [7, 11) is 0. The molecule has 0 aliphatic heterocycles. The Labute approximate surface area is 125 Å². The fourth-order valence-electron chi connectivity index (χ4n) is 1.93. The number of thiophene rings is 1. The highest BCUT2D eigenvalue weighted by Gasteiger charge is 2.39. The number of oxime groups is 1. The lowest BCUT2D eigenvalue weighted by Crippen LogP contribution is -2.49. The minimum atomic E-state index is -0.946. The molecule has 0 aromatic carbocycles. The number of nitrogens with zero attached hydrogens (tertiary/aromatic N) is 1. The molecule has 0 radical (unpaired) electrons. The fraction of sp³-hybridized carbons (Fsp3) is 0.500. The van der Waals surface area contributed by atoms with E-state index in [9.17, 15) is 4.79 Å². The zero-order valence-electron chi connectivity index (χ0n) is 10.9. The predicted molar refractivity (Wildman–Crippen MR) is 80.3 cm³/mol. The van der Waals surface area contributed by atoms with Crippen LogP contribution >= 0.6 is 27.3 Å². The first kappa shape index (κ1) is 16.0. The molecule has 0 atom stereocenters. The number of nitrogens with two attached hydrogens (primary N) is 1. The van der Waals surface area contributed by atoms with Crippen LogP contribution in [0, 0.1) is 5.41 Å². The summed E-state index contributed by atoms with van der Waals surface area (Å²) in [5.74, 6) is -0.256. The standard InChI is InChI=1S/C12H18BrN3O2S/c1-3-12(4-2,10(14)16-18)11(17)15-7-9-8(13)5-6-19-9/h5-6,18H,3-4,7H2,1-2H3,(H2,14,16)(H,15,17). The molecule has 0 bridgehead atoms. The van der Waals surface area contributed by atoms with Crippen molar-refractivity contribution in [3.05, 3.63) is 20.8 Å². The molecule has 7 heteroatoms. The molecule has 5 nitrogen and oxygen atoms in total. The lowest BCUT2D eigenvalue weighted by atomic mass is 9.80. The Balaban J connectivity index is 2.82. The van der Waals surface area contributed by atoms with Crippen LogP contribution in [0.3, 0.4) is 0 Å². The van der Waals surface area contributed by atoms with Crippen molar-refractivity contribution in [1.29, 1.82) is 0 Å². The molecule has 0 spiro atoms. The van der Waals surface area contributed by atoms with E-state index in [1.807, 2.05) is 25.3 Å². The second kappa shape index (κ2) is 6.91. The van der Waals surface area contributed by atoms with Crippen LogP contribution in [0.15, 0.2) is 21.1 Å². The monoisotopic (exact) mass is 347 g/mol. The number of hydrogen-bond donors (Lipinski definition) is 3. The first-order valence-electron chi connectivity index (χ1n) is 6.00. The van der Waals surface area contributed by atoms with Gasteiger partial charge in [0.15, 0.2) is 5.84 Å². The Morgan fingerprint density at radius 3 is 2.63 bits per heavy atom. The fourth-order valence-corrected chi connectivity index (χ4v) is 3.36. The van der Waals surface area contributed by atoms with Crippen LogP contribution in [0.4, 0.5) is 0 Å². The highest BCUT2D eigenvalue weighted by Crippen LogP contribution is 2.28. The predicted octanol–water partition coefficient (Wildman–Crippen LogP) is 2.68. The lowest BCUT2D eigenvalue weighted by molar-refractivity contribution is -0.128. The number of amidine groups is 1. The normalized spacial score (nSPS) is 12.5. The number of carbonyl (C=O) groups excluding carboxylic acids is 1. The largest absolute Gasteiger partial charge is 0.409 e. The smallest absolute Gasteiger partial charge is 0.234 e. The van der Waals surface area contributed by atoms with Crippen molar-refractivity contribution in [1.82, 2.24) is 5.32 Å². The molecule has 0 saturated heterocycles. The van der Waals surface area contributed by atoms with E-state index in [-0.39, 0.29) is 11.7 Å². The van der Waals surface area contributed by atoms with Gasteiger partial charge in [-0.15, -0.1) is 11.3 Å². The average molecular weight is 348 g/mol. The molecule has 0 fully saturated rings. The first-order chi connectivity index (χ1) is 9.01. The summed E-state index contributed by atoms with van der Waals surface area (Å²) in [5, 5.41) is 16.7. The van der Waals surface area contributed by atoms with Crippen LogP contribution in [0.25, 0.3) is 0 Å². The van der Waals surface area contributed by atoms with E-state index in [4.69, 9.17) is 10.9 Å². The molecular weight excluding hydrogens is 330 g/mol. The number of carbonyl (C=O) groups is 1. The molecule has 19 heavy (non-hydrogen) atoms. The van der Waals surface area contributed by atoms with E-state index in [0.717, 1.165) is 9.35 Å². The summed E-state index contributed by atoms with van der Waals surface area (Å²) >= 11 is 4.97. The van der Waals surface area contributed by atoms with Crippen molar-refractivity contribution in [3.63, 3.8) is 0 Å². The van der Waals surface area contributed by atoms with E-state index >= 15 is 0 Å². The summed E-state index contributed by atoms with van der Waals surface area (Å²) in [6.45, 7) is 4.13. The molecule has 106 valence electrons. The van der Waals surface area contributed by atoms with Gasteiger partial charge in [0.1, 0.15) is 5.41 Å². The van der Waals surface area contributed by atoms with Gasteiger partial charge in [-0.05, 0) is 40.2 Å². The average Bonchev–Trinajstić information content (AvgIpc) is 2.83. The molecule has 0 aliphatic carbocycles. The first-order valence-corrected chi connectivity index (χ1v) is 7.67. The van der Waals surface area contributed by atoms with E-state index in [2.05, 4.69) is 26.4 Å². The SMILES string of the molecule is CCC(CC)(C(=O)NCc1sccc1Br)C(N)=NO. The molecule has 0 aliphatic rings. The van der Waals surface area contributed by atoms with Gasteiger partial charge in [0, 0.05) is 9.35 Å². The quantitative estimate of drug-likeness (QED) is 0.320. The molecule has 4 N–H and O–H groups in total. The molecule has 1 aromatic rings. The minimum absolute atomic E-state index is 0.0414. The van der Waals surface area contributed by atoms with Crippen molar-refractivity contribution in [2.45, 2.75) is 33.2 Å². The Kier molecular flexibility index (Phi) is 5.81. The second-order valence-corrected chi connectivity index (χ2v) is 6.00. The minimum Gasteiger partial charge on any atom is -0.409 e. The number of hydrogen-bond acceptors (Lipinski definition) is 4. The molecule has 1 aromatic heterocycles. The number of amides is 1. The molecule has 1 rings (SSSR count). The van der Waals surface area contributed by atoms with E-state index in [0.29, 0.717) is 19.4 Å². The second-order valence-electron chi connectivity index (χ2n) is 4.15. The van der Waals surface area contributed by atoms with Gasteiger partial charge in [-0.2, -0.15) is 0 Å². The molecule has 1 amide bonds. The zero-order valence-corrected chi connectivity index (χ0v) is 13.3. The van der Waals surface area contributed by atoms with Crippen LogP contribution in [-0.4, -0.2) is 17.0 Å². The summed E-state index contributed by atoms with van der Waals surface area (Å²) in [6, 6.07) is 1.93. The Morgan fingerprint density at radius 2 is 2.21 bits per heavy atom. The van der Waals surface area contributed by atoms with Crippen LogP contribution in [0.5, 0.6) is 0 Å². The van der Waals surface area contributed by atoms with Crippen molar-refractivity contribution < 1.29 is 10.0 Å². The molecule has 0 saturated carbocycles. The maximum Gasteiger partial charge on any atom is 0.234 e. The van der Waals surface area contributed by atoms with E-state index in [1.165, 1.54) is 0 Å². The maximum absolute atomic E-state index is 12.3. The third-order valence-corrected chi connectivity index (χ3v) is 5.27. The third kappa shape index (κ3) is 3.27. The number of nitrogens with one attached hydrogen (secondary N) is 1. The van der Waals surface area contributed by atoms with Crippen LogP contribution in [-0.2, 0) is 11.3 Å². The van der Waals surface area contributed by atoms with Gasteiger partial charge in [-0.3, -0.25) is 4.79 Å². The van der Waals surface area contributed by atoms with Gasteiger partial charge in [0.25, 0.3) is 0 Å². The van der Waals surface area contributed by atoms with Gasteiger partial charge >= 0.3 is 0 Å². The van der Waals surface area contributed by atoms with Gasteiger partial charge in [0.05, 0.1) is 6.54 Å². The molecule has 1 heterocycles. The Morgan fingerprint density at radius 1 is 1.58 bits per heavy atom. The molecule has 0 unspecified atom stereocenters. The van der Waals surface area contributed by atoms with Crippen LogP contribution in [0.1, 0.15) is 31.6 Å². The maximum atomic E-state index is 12.3. The highest BCUT2D eigenvalue weighted by molar-refractivity contribution is 9.10. The Hall–Kier alpha value is -1.08. The van der Waals surface area contributed by atoms with E-state index in [1.54, 1.807) is 11.3 Å². The molecular formula is C12H18BrN3O2S.